The van der Waals surface area contributed by atoms with Gasteiger partial charge < -0.3 is 19.0 Å². The van der Waals surface area contributed by atoms with Crippen molar-refractivity contribution in [2.45, 2.75) is 25.3 Å². The molecule has 0 bridgehead atoms. The Morgan fingerprint density at radius 2 is 1.87 bits per heavy atom. The minimum Gasteiger partial charge on any atom is -0.492 e. The lowest BCUT2D eigenvalue weighted by molar-refractivity contribution is 0.125. The first-order valence-corrected chi connectivity index (χ1v) is 10.4. The molecule has 3 aromatic rings. The molecule has 0 radical (unpaired) electrons. The number of likely N-dealkylation sites (tertiary alicyclic amines) is 1. The number of halogens is 1. The monoisotopic (exact) mass is 426 g/mol. The quantitative estimate of drug-likeness (QED) is 0.486. The summed E-state index contributed by atoms with van der Waals surface area (Å²) in [5.41, 5.74) is 3.21. The zero-order valence-corrected chi connectivity index (χ0v) is 18.8. The van der Waals surface area contributed by atoms with Gasteiger partial charge in [-0.05, 0) is 68.4 Å². The van der Waals surface area contributed by atoms with Gasteiger partial charge in [0.1, 0.15) is 23.7 Å². The number of piperidine rings is 1. The van der Waals surface area contributed by atoms with Gasteiger partial charge in [0.15, 0.2) is 0 Å². The van der Waals surface area contributed by atoms with E-state index in [1.54, 1.807) is 0 Å². The molecule has 1 aliphatic heterocycles. The summed E-state index contributed by atoms with van der Waals surface area (Å²) in [6.45, 7) is 1.90. The van der Waals surface area contributed by atoms with Crippen molar-refractivity contribution in [3.05, 3.63) is 59.9 Å². The predicted molar refractivity (Wildman–Crippen MR) is 129 cm³/mol. The number of fused-ring (bicyclic) bond motifs is 1. The number of ether oxygens (including phenoxy) is 1. The van der Waals surface area contributed by atoms with Gasteiger partial charge in [-0.3, -0.25) is 0 Å². The third-order valence-electron chi connectivity index (χ3n) is 5.72. The fraction of sp³-hybridized carbons (Fsp3) is 0.360. The SMILES string of the molecule is CN(C)c1ccc(C=Cc2cc3ccc(OCC4CCCCN4C)cc3o2)cc1.Cl. The van der Waals surface area contributed by atoms with E-state index in [-0.39, 0.29) is 12.4 Å². The molecule has 1 aliphatic rings. The molecular formula is C25H31ClN2O2. The van der Waals surface area contributed by atoms with Gasteiger partial charge in [0.05, 0.1) is 0 Å². The van der Waals surface area contributed by atoms with Gasteiger partial charge in [0, 0.05) is 37.3 Å². The summed E-state index contributed by atoms with van der Waals surface area (Å²) in [6.07, 6.45) is 7.89. The number of nitrogens with zero attached hydrogens (tertiary/aromatic N) is 2. The number of benzene rings is 2. The van der Waals surface area contributed by atoms with Crippen LogP contribution in [-0.2, 0) is 0 Å². The second-order valence-corrected chi connectivity index (χ2v) is 8.11. The first-order chi connectivity index (χ1) is 14.1. The van der Waals surface area contributed by atoms with Gasteiger partial charge in [-0.2, -0.15) is 0 Å². The van der Waals surface area contributed by atoms with Crippen LogP contribution in [0.4, 0.5) is 5.69 Å². The number of rotatable bonds is 6. The van der Waals surface area contributed by atoms with Gasteiger partial charge in [0.25, 0.3) is 0 Å². The van der Waals surface area contributed by atoms with Gasteiger partial charge in [0.2, 0.25) is 0 Å². The second-order valence-electron chi connectivity index (χ2n) is 8.11. The molecule has 1 saturated heterocycles. The number of furan rings is 1. The van der Waals surface area contributed by atoms with Crippen molar-refractivity contribution in [2.24, 2.45) is 0 Å². The van der Waals surface area contributed by atoms with Crippen LogP contribution in [-0.4, -0.2) is 45.2 Å². The summed E-state index contributed by atoms with van der Waals surface area (Å²) in [4.78, 5) is 4.50. The van der Waals surface area contributed by atoms with E-state index in [4.69, 9.17) is 9.15 Å². The van der Waals surface area contributed by atoms with E-state index in [2.05, 4.69) is 59.3 Å². The van der Waals surface area contributed by atoms with Crippen LogP contribution in [0.2, 0.25) is 0 Å². The predicted octanol–water partition coefficient (Wildman–Crippen LogP) is 5.95. The molecule has 2 aromatic carbocycles. The topological polar surface area (TPSA) is 28.9 Å². The van der Waals surface area contributed by atoms with Crippen LogP contribution in [0.15, 0.2) is 52.9 Å². The van der Waals surface area contributed by atoms with E-state index in [0.717, 1.165) is 34.6 Å². The lowest BCUT2D eigenvalue weighted by Crippen LogP contribution is -2.40. The first kappa shape index (κ1) is 22.3. The third-order valence-corrected chi connectivity index (χ3v) is 5.72. The molecule has 160 valence electrons. The molecule has 0 saturated carbocycles. The standard InChI is InChI=1S/C25H30N2O2.ClH/c1-26(2)21-11-7-19(8-12-21)9-13-24-16-20-10-14-23(17-25(20)29-24)28-18-22-6-4-5-15-27(22)3;/h7-14,16-17,22H,4-6,15,18H2,1-3H3;1H. The number of hydrogen-bond acceptors (Lipinski definition) is 4. The highest BCUT2D eigenvalue weighted by Crippen LogP contribution is 2.26. The summed E-state index contributed by atoms with van der Waals surface area (Å²) in [6, 6.07) is 17.1. The normalized spacial score (nSPS) is 17.2. The van der Waals surface area contributed by atoms with Crippen LogP contribution in [0.1, 0.15) is 30.6 Å². The molecule has 4 nitrogen and oxygen atoms in total. The van der Waals surface area contributed by atoms with Crippen molar-refractivity contribution in [1.82, 2.24) is 4.90 Å². The summed E-state index contributed by atoms with van der Waals surface area (Å²) in [5.74, 6) is 1.72. The molecule has 1 fully saturated rings. The molecule has 5 heteroatoms. The largest absolute Gasteiger partial charge is 0.492 e. The van der Waals surface area contributed by atoms with Crippen LogP contribution in [0.25, 0.3) is 23.1 Å². The molecule has 0 spiro atoms. The summed E-state index contributed by atoms with van der Waals surface area (Å²) >= 11 is 0. The Morgan fingerprint density at radius 1 is 1.07 bits per heavy atom. The Bertz CT molecular complexity index is 978. The van der Waals surface area contributed by atoms with Crippen LogP contribution in [0.3, 0.4) is 0 Å². The molecule has 2 heterocycles. The maximum absolute atomic E-state index is 6.07. The van der Waals surface area contributed by atoms with Crippen molar-refractivity contribution in [1.29, 1.82) is 0 Å². The molecular weight excluding hydrogens is 396 g/mol. The van der Waals surface area contributed by atoms with Gasteiger partial charge in [-0.1, -0.05) is 24.6 Å². The number of likely N-dealkylation sites (N-methyl/N-ethyl adjacent to an activating group) is 1. The Hall–Kier alpha value is -2.43. The average Bonchev–Trinajstić information content (AvgIpc) is 3.14. The van der Waals surface area contributed by atoms with Gasteiger partial charge >= 0.3 is 0 Å². The van der Waals surface area contributed by atoms with E-state index in [0.29, 0.717) is 6.04 Å². The number of hydrogen-bond donors (Lipinski definition) is 0. The fourth-order valence-corrected chi connectivity index (χ4v) is 3.81. The minimum absolute atomic E-state index is 0. The molecule has 0 aliphatic carbocycles. The molecule has 1 atom stereocenters. The average molecular weight is 427 g/mol. The Labute approximate surface area is 185 Å². The van der Waals surface area contributed by atoms with Crippen LogP contribution < -0.4 is 9.64 Å². The summed E-state index contributed by atoms with van der Waals surface area (Å²) in [5, 5.41) is 1.09. The smallest absolute Gasteiger partial charge is 0.138 e. The highest BCUT2D eigenvalue weighted by atomic mass is 35.5. The maximum Gasteiger partial charge on any atom is 0.138 e. The van der Waals surface area contributed by atoms with Gasteiger partial charge in [-0.15, -0.1) is 12.4 Å². The molecule has 1 aromatic heterocycles. The molecule has 0 N–H and O–H groups in total. The van der Waals surface area contributed by atoms with Crippen LogP contribution in [0, 0.1) is 0 Å². The minimum atomic E-state index is 0. The van der Waals surface area contributed by atoms with Crippen molar-refractivity contribution in [3.8, 4) is 5.75 Å². The second kappa shape index (κ2) is 10.1. The van der Waals surface area contributed by atoms with E-state index >= 15 is 0 Å². The van der Waals surface area contributed by atoms with E-state index in [1.165, 1.54) is 31.5 Å². The summed E-state index contributed by atoms with van der Waals surface area (Å²) < 4.78 is 12.1. The molecule has 30 heavy (non-hydrogen) atoms. The Kier molecular flexibility index (Phi) is 7.46. The molecule has 1 unspecified atom stereocenters. The summed E-state index contributed by atoms with van der Waals surface area (Å²) in [7, 11) is 6.28. The van der Waals surface area contributed by atoms with Crippen molar-refractivity contribution < 1.29 is 9.15 Å². The Morgan fingerprint density at radius 3 is 2.60 bits per heavy atom. The van der Waals surface area contributed by atoms with E-state index in [9.17, 15) is 0 Å². The van der Waals surface area contributed by atoms with Gasteiger partial charge in [-0.25, -0.2) is 0 Å². The highest BCUT2D eigenvalue weighted by Gasteiger charge is 2.19. The van der Waals surface area contributed by atoms with Crippen molar-refractivity contribution in [2.75, 3.05) is 39.2 Å². The first-order valence-electron chi connectivity index (χ1n) is 10.4. The molecule has 4 rings (SSSR count). The third kappa shape index (κ3) is 5.38. The Balaban J connectivity index is 0.00000256. The fourth-order valence-electron chi connectivity index (χ4n) is 3.81. The van der Waals surface area contributed by atoms with Crippen molar-refractivity contribution >= 4 is 41.2 Å². The van der Waals surface area contributed by atoms with Crippen molar-refractivity contribution in [3.63, 3.8) is 0 Å². The van der Waals surface area contributed by atoms with E-state index < -0.39 is 0 Å². The highest BCUT2D eigenvalue weighted by molar-refractivity contribution is 5.85. The van der Waals surface area contributed by atoms with E-state index in [1.807, 2.05) is 32.3 Å². The lowest BCUT2D eigenvalue weighted by atomic mass is 10.0. The number of anilines is 1. The zero-order chi connectivity index (χ0) is 20.2. The van der Waals surface area contributed by atoms with Crippen LogP contribution in [0.5, 0.6) is 5.75 Å². The zero-order valence-electron chi connectivity index (χ0n) is 18.0. The molecule has 0 amide bonds. The van der Waals surface area contributed by atoms with Crippen LogP contribution >= 0.6 is 12.4 Å². The lowest BCUT2D eigenvalue weighted by Gasteiger charge is -2.32. The maximum atomic E-state index is 6.07.